The molecule has 0 aliphatic rings. The number of carbonyl (C=O) groups excluding carboxylic acids is 1. The predicted octanol–water partition coefficient (Wildman–Crippen LogP) is 4.43. The Morgan fingerprint density at radius 3 is 2.41 bits per heavy atom. The lowest BCUT2D eigenvalue weighted by Crippen LogP contribution is -2.26. The molecule has 0 atom stereocenters. The number of carbonyl (C=O) groups is 1. The van der Waals surface area contributed by atoms with Crippen LogP contribution in [0.4, 0.5) is 0 Å². The van der Waals surface area contributed by atoms with E-state index in [2.05, 4.69) is 46.3 Å². The van der Waals surface area contributed by atoms with Crippen LogP contribution >= 0.6 is 0 Å². The Balaban J connectivity index is 1.45. The molecule has 0 bridgehead atoms. The van der Waals surface area contributed by atoms with Gasteiger partial charge in [0.25, 0.3) is 5.91 Å². The summed E-state index contributed by atoms with van der Waals surface area (Å²) in [4.78, 5) is 25.4. The van der Waals surface area contributed by atoms with Gasteiger partial charge in [0, 0.05) is 47.0 Å². The minimum Gasteiger partial charge on any atom is -0.350 e. The van der Waals surface area contributed by atoms with Crippen molar-refractivity contribution in [1.82, 2.24) is 14.6 Å². The van der Waals surface area contributed by atoms with Crippen LogP contribution < -0.4 is 10.9 Å². The summed E-state index contributed by atoms with van der Waals surface area (Å²) < 4.78 is 4.03. The zero-order valence-electron chi connectivity index (χ0n) is 17.9. The number of para-hydroxylation sites is 2. The molecule has 2 aromatic heterocycles. The van der Waals surface area contributed by atoms with Crippen LogP contribution in [-0.2, 0) is 13.6 Å². The average Bonchev–Trinajstić information content (AvgIpc) is 3.14. The van der Waals surface area contributed by atoms with E-state index in [0.717, 1.165) is 23.1 Å². The highest BCUT2D eigenvalue weighted by molar-refractivity contribution is 6.09. The van der Waals surface area contributed by atoms with Gasteiger partial charge in [-0.1, -0.05) is 42.5 Å². The third-order valence-electron chi connectivity index (χ3n) is 5.83. The molecule has 3 aromatic carbocycles. The van der Waals surface area contributed by atoms with Crippen molar-refractivity contribution >= 4 is 44.8 Å². The zero-order valence-corrected chi connectivity index (χ0v) is 17.9. The van der Waals surface area contributed by atoms with E-state index in [1.807, 2.05) is 37.4 Å². The van der Waals surface area contributed by atoms with E-state index < -0.39 is 5.91 Å². The first-order chi connectivity index (χ1) is 15.6. The van der Waals surface area contributed by atoms with E-state index in [0.29, 0.717) is 5.39 Å². The molecule has 0 aliphatic carbocycles. The number of aryl methyl sites for hydroxylation is 2. The van der Waals surface area contributed by atoms with E-state index in [9.17, 15) is 9.59 Å². The van der Waals surface area contributed by atoms with Gasteiger partial charge in [0.05, 0.1) is 11.7 Å². The molecule has 0 fully saturated rings. The summed E-state index contributed by atoms with van der Waals surface area (Å²) in [6.07, 6.45) is 3.14. The van der Waals surface area contributed by atoms with Crippen molar-refractivity contribution in [2.45, 2.75) is 13.5 Å². The van der Waals surface area contributed by atoms with Gasteiger partial charge >= 0.3 is 0 Å². The fraction of sp³-hybridized carbons (Fsp3) is 0.115. The number of nitrogens with zero attached hydrogens (tertiary/aromatic N) is 3. The van der Waals surface area contributed by atoms with Crippen LogP contribution in [0.5, 0.6) is 0 Å². The smallest absolute Gasteiger partial charge is 0.276 e. The zero-order chi connectivity index (χ0) is 22.2. The van der Waals surface area contributed by atoms with Gasteiger partial charge in [-0.15, -0.1) is 0 Å². The van der Waals surface area contributed by atoms with Gasteiger partial charge in [-0.05, 0) is 36.8 Å². The number of aromatic nitrogens is 2. The summed E-state index contributed by atoms with van der Waals surface area (Å²) in [5.41, 5.74) is 6.20. The number of amides is 1. The van der Waals surface area contributed by atoms with Gasteiger partial charge in [0.2, 0.25) is 5.43 Å². The molecule has 5 rings (SSSR count). The van der Waals surface area contributed by atoms with Crippen molar-refractivity contribution in [3.8, 4) is 0 Å². The average molecular weight is 422 g/mol. The molecule has 0 saturated carbocycles. The maximum atomic E-state index is 12.7. The lowest BCUT2D eigenvalue weighted by atomic mass is 10.1. The summed E-state index contributed by atoms with van der Waals surface area (Å²) in [6, 6.07) is 21.7. The molecule has 0 aliphatic heterocycles. The van der Waals surface area contributed by atoms with Gasteiger partial charge < -0.3 is 9.13 Å². The number of nitrogens with one attached hydrogen (secondary N) is 1. The van der Waals surface area contributed by atoms with Gasteiger partial charge in [-0.2, -0.15) is 5.10 Å². The number of hydrogen-bond acceptors (Lipinski definition) is 3. The summed E-state index contributed by atoms with van der Waals surface area (Å²) in [5, 5.41) is 7.01. The Morgan fingerprint density at radius 2 is 1.62 bits per heavy atom. The van der Waals surface area contributed by atoms with Crippen molar-refractivity contribution in [2.75, 3.05) is 0 Å². The Morgan fingerprint density at radius 1 is 0.938 bits per heavy atom. The predicted molar refractivity (Wildman–Crippen MR) is 129 cm³/mol. The lowest BCUT2D eigenvalue weighted by Gasteiger charge is -2.07. The number of benzene rings is 3. The third kappa shape index (κ3) is 3.17. The fourth-order valence-electron chi connectivity index (χ4n) is 4.31. The molecular weight excluding hydrogens is 400 g/mol. The molecule has 0 spiro atoms. The fourth-order valence-corrected chi connectivity index (χ4v) is 4.31. The first kappa shape index (κ1) is 19.8. The highest BCUT2D eigenvalue weighted by Crippen LogP contribution is 2.29. The van der Waals surface area contributed by atoms with E-state index in [1.54, 1.807) is 29.1 Å². The number of pyridine rings is 1. The molecule has 2 heterocycles. The van der Waals surface area contributed by atoms with Crippen molar-refractivity contribution in [1.29, 1.82) is 0 Å². The monoisotopic (exact) mass is 422 g/mol. The number of hydrazone groups is 1. The van der Waals surface area contributed by atoms with E-state index in [-0.39, 0.29) is 11.0 Å². The maximum absolute atomic E-state index is 12.7. The summed E-state index contributed by atoms with van der Waals surface area (Å²) >= 11 is 0. The van der Waals surface area contributed by atoms with Crippen LogP contribution in [-0.4, -0.2) is 21.3 Å². The number of fused-ring (bicyclic) bond motifs is 4. The van der Waals surface area contributed by atoms with Crippen LogP contribution in [0.25, 0.3) is 32.7 Å². The maximum Gasteiger partial charge on any atom is 0.276 e. The Kier molecular flexibility index (Phi) is 4.82. The van der Waals surface area contributed by atoms with Crippen molar-refractivity contribution in [3.05, 3.63) is 94.3 Å². The molecule has 5 aromatic rings. The Hall–Kier alpha value is -4.19. The standard InChI is InChI=1S/C26H22N4O2/c1-3-30-23-11-7-4-8-18(23)19-13-12-17(14-24(19)30)15-27-28-26(32)21-16-29(2)22-10-6-5-9-20(22)25(21)31/h4-16H,3H2,1-2H3,(H,28,32)/b27-15+. The van der Waals surface area contributed by atoms with Gasteiger partial charge in [0.1, 0.15) is 5.56 Å². The second-order valence-electron chi connectivity index (χ2n) is 7.74. The first-order valence-corrected chi connectivity index (χ1v) is 10.5. The van der Waals surface area contributed by atoms with Crippen LogP contribution in [0.15, 0.2) is 82.8 Å². The van der Waals surface area contributed by atoms with Gasteiger partial charge in [-0.3, -0.25) is 9.59 Å². The Bertz CT molecular complexity index is 1590. The van der Waals surface area contributed by atoms with Crippen LogP contribution in [0.3, 0.4) is 0 Å². The normalized spacial score (nSPS) is 11.7. The van der Waals surface area contributed by atoms with Crippen molar-refractivity contribution < 1.29 is 4.79 Å². The minimum absolute atomic E-state index is 0.0601. The Labute approximate surface area is 184 Å². The molecular formula is C26H22N4O2. The summed E-state index contributed by atoms with van der Waals surface area (Å²) in [5.74, 6) is -0.531. The van der Waals surface area contributed by atoms with E-state index in [1.165, 1.54) is 16.3 Å². The van der Waals surface area contributed by atoms with Gasteiger partial charge in [0.15, 0.2) is 0 Å². The molecule has 1 N–H and O–H groups in total. The highest BCUT2D eigenvalue weighted by atomic mass is 16.2. The molecule has 1 amide bonds. The minimum atomic E-state index is -0.531. The molecule has 6 heteroatoms. The number of hydrogen-bond donors (Lipinski definition) is 1. The largest absolute Gasteiger partial charge is 0.350 e. The van der Waals surface area contributed by atoms with Gasteiger partial charge in [-0.25, -0.2) is 5.43 Å². The van der Waals surface area contributed by atoms with Crippen molar-refractivity contribution in [3.63, 3.8) is 0 Å². The molecule has 0 unspecified atom stereocenters. The second-order valence-corrected chi connectivity index (χ2v) is 7.74. The van der Waals surface area contributed by atoms with E-state index in [4.69, 9.17) is 0 Å². The molecule has 0 radical (unpaired) electrons. The first-order valence-electron chi connectivity index (χ1n) is 10.5. The quantitative estimate of drug-likeness (QED) is 0.344. The SMILES string of the molecule is CCn1c2ccccc2c2ccc(/C=N/NC(=O)c3cn(C)c4ccccc4c3=O)cc21. The number of rotatable bonds is 4. The third-order valence-corrected chi connectivity index (χ3v) is 5.83. The van der Waals surface area contributed by atoms with Crippen LogP contribution in [0, 0.1) is 0 Å². The topological polar surface area (TPSA) is 68.4 Å². The summed E-state index contributed by atoms with van der Waals surface area (Å²) in [6.45, 7) is 2.98. The molecule has 6 nitrogen and oxygen atoms in total. The summed E-state index contributed by atoms with van der Waals surface area (Å²) in [7, 11) is 1.81. The molecule has 158 valence electrons. The van der Waals surface area contributed by atoms with Crippen molar-refractivity contribution in [2.24, 2.45) is 12.1 Å². The van der Waals surface area contributed by atoms with Crippen LogP contribution in [0.2, 0.25) is 0 Å². The highest BCUT2D eigenvalue weighted by Gasteiger charge is 2.14. The lowest BCUT2D eigenvalue weighted by molar-refractivity contribution is 0.0953. The van der Waals surface area contributed by atoms with E-state index >= 15 is 0 Å². The molecule has 0 saturated heterocycles. The molecule has 32 heavy (non-hydrogen) atoms. The van der Waals surface area contributed by atoms with Crippen LogP contribution in [0.1, 0.15) is 22.8 Å². The second kappa shape index (κ2) is 7.81.